The normalized spacial score (nSPS) is 16.3. The van der Waals surface area contributed by atoms with Crippen molar-refractivity contribution in [2.45, 2.75) is 43.6 Å². The monoisotopic (exact) mass is 296 g/mol. The van der Waals surface area contributed by atoms with Crippen LogP contribution in [0.3, 0.4) is 0 Å². The Balaban J connectivity index is 2.31. The van der Waals surface area contributed by atoms with E-state index in [1.165, 1.54) is 14.0 Å². The number of methoxy groups -OCH3 is 1. The molecule has 1 aromatic carbocycles. The third-order valence-corrected chi connectivity index (χ3v) is 6.05. The first-order valence-electron chi connectivity index (χ1n) is 6.83. The summed E-state index contributed by atoms with van der Waals surface area (Å²) in [5.41, 5.74) is 1.09. The van der Waals surface area contributed by atoms with Crippen molar-refractivity contribution in [1.29, 1.82) is 0 Å². The molecule has 0 N–H and O–H groups in total. The fourth-order valence-corrected chi connectivity index (χ4v) is 4.64. The Morgan fingerprint density at radius 3 is 2.50 bits per heavy atom. The summed E-state index contributed by atoms with van der Waals surface area (Å²) in [4.78, 5) is 11.4. The highest BCUT2D eigenvalue weighted by molar-refractivity contribution is 7.91. The van der Waals surface area contributed by atoms with Gasteiger partial charge < -0.3 is 4.74 Å². The van der Waals surface area contributed by atoms with Gasteiger partial charge in [-0.25, -0.2) is 8.42 Å². The van der Waals surface area contributed by atoms with E-state index >= 15 is 0 Å². The molecule has 0 spiro atoms. The molecule has 1 aliphatic rings. The van der Waals surface area contributed by atoms with E-state index in [4.69, 9.17) is 4.74 Å². The molecule has 0 heterocycles. The van der Waals surface area contributed by atoms with E-state index in [9.17, 15) is 13.2 Å². The van der Waals surface area contributed by atoms with Crippen LogP contribution in [0.5, 0.6) is 5.75 Å². The zero-order valence-electron chi connectivity index (χ0n) is 11.9. The lowest BCUT2D eigenvalue weighted by Gasteiger charge is -2.14. The first kappa shape index (κ1) is 15.0. The van der Waals surface area contributed by atoms with Gasteiger partial charge >= 0.3 is 0 Å². The molecule has 0 aromatic heterocycles. The third kappa shape index (κ3) is 3.20. The molecule has 0 atom stereocenters. The SMILES string of the molecule is COc1ccc(C(C)=O)cc1CS(=O)(=O)C1CCCC1. The molecule has 1 aliphatic carbocycles. The van der Waals surface area contributed by atoms with Gasteiger partial charge in [-0.15, -0.1) is 0 Å². The maximum absolute atomic E-state index is 12.4. The van der Waals surface area contributed by atoms with Crippen LogP contribution in [-0.4, -0.2) is 26.6 Å². The lowest BCUT2D eigenvalue weighted by atomic mass is 10.1. The van der Waals surface area contributed by atoms with E-state index in [-0.39, 0.29) is 16.8 Å². The molecule has 20 heavy (non-hydrogen) atoms. The predicted octanol–water partition coefficient (Wildman–Crippen LogP) is 2.76. The minimum atomic E-state index is -3.18. The fraction of sp³-hybridized carbons (Fsp3) is 0.533. The maximum Gasteiger partial charge on any atom is 0.159 e. The van der Waals surface area contributed by atoms with Crippen molar-refractivity contribution < 1.29 is 17.9 Å². The van der Waals surface area contributed by atoms with Crippen molar-refractivity contribution in [3.05, 3.63) is 29.3 Å². The van der Waals surface area contributed by atoms with Gasteiger partial charge in [-0.05, 0) is 38.0 Å². The van der Waals surface area contributed by atoms with Gasteiger partial charge in [-0.3, -0.25) is 4.79 Å². The Morgan fingerprint density at radius 1 is 1.30 bits per heavy atom. The minimum Gasteiger partial charge on any atom is -0.496 e. The number of ether oxygens (including phenoxy) is 1. The summed E-state index contributed by atoms with van der Waals surface area (Å²) in [5.74, 6) is 0.394. The molecule has 0 unspecified atom stereocenters. The third-order valence-electron chi connectivity index (χ3n) is 3.85. The molecule has 5 heteroatoms. The van der Waals surface area contributed by atoms with Crippen molar-refractivity contribution in [3.8, 4) is 5.75 Å². The zero-order chi connectivity index (χ0) is 14.8. The van der Waals surface area contributed by atoms with Crippen LogP contribution in [0.15, 0.2) is 18.2 Å². The summed E-state index contributed by atoms with van der Waals surface area (Å²) in [7, 11) is -1.67. The average Bonchev–Trinajstić information content (AvgIpc) is 2.92. The lowest BCUT2D eigenvalue weighted by Crippen LogP contribution is -2.20. The van der Waals surface area contributed by atoms with E-state index in [1.54, 1.807) is 18.2 Å². The number of Topliss-reactive ketones (excluding diaryl/α,β-unsaturated/α-hetero) is 1. The zero-order valence-corrected chi connectivity index (χ0v) is 12.7. The van der Waals surface area contributed by atoms with Crippen LogP contribution in [0, 0.1) is 0 Å². The molecule has 1 aromatic rings. The molecule has 0 bridgehead atoms. The molecular weight excluding hydrogens is 276 g/mol. The van der Waals surface area contributed by atoms with Gasteiger partial charge in [0.15, 0.2) is 15.6 Å². The number of ketones is 1. The molecule has 1 fully saturated rings. The number of benzene rings is 1. The first-order chi connectivity index (χ1) is 9.44. The second-order valence-corrected chi connectivity index (χ2v) is 7.58. The van der Waals surface area contributed by atoms with Crippen LogP contribution >= 0.6 is 0 Å². The number of sulfone groups is 1. The van der Waals surface area contributed by atoms with Gasteiger partial charge in [0.25, 0.3) is 0 Å². The second-order valence-electron chi connectivity index (χ2n) is 5.30. The molecule has 1 saturated carbocycles. The van der Waals surface area contributed by atoms with Crippen molar-refractivity contribution in [1.82, 2.24) is 0 Å². The second kappa shape index (κ2) is 5.95. The smallest absolute Gasteiger partial charge is 0.159 e. The summed E-state index contributed by atoms with van der Waals surface area (Å²) >= 11 is 0. The summed E-state index contributed by atoms with van der Waals surface area (Å²) < 4.78 is 30.0. The molecular formula is C15H20O4S. The highest BCUT2D eigenvalue weighted by atomic mass is 32.2. The van der Waals surface area contributed by atoms with Gasteiger partial charge in [0.2, 0.25) is 0 Å². The van der Waals surface area contributed by atoms with Crippen molar-refractivity contribution >= 4 is 15.6 Å². The minimum absolute atomic E-state index is 0.0536. The summed E-state index contributed by atoms with van der Waals surface area (Å²) in [6.07, 6.45) is 3.46. The quantitative estimate of drug-likeness (QED) is 0.784. The standard InChI is InChI=1S/C15H20O4S/c1-11(16)12-7-8-15(19-2)13(9-12)10-20(17,18)14-5-3-4-6-14/h7-9,14H,3-6,10H2,1-2H3. The summed E-state index contributed by atoms with van der Waals surface area (Å²) in [6.45, 7) is 1.47. The number of hydrogen-bond acceptors (Lipinski definition) is 4. The van der Waals surface area contributed by atoms with Gasteiger partial charge in [0, 0.05) is 11.1 Å². The fourth-order valence-electron chi connectivity index (χ4n) is 2.69. The number of rotatable bonds is 5. The Kier molecular flexibility index (Phi) is 4.48. The molecule has 0 aliphatic heterocycles. The first-order valence-corrected chi connectivity index (χ1v) is 8.55. The summed E-state index contributed by atoms with van der Waals surface area (Å²) in [5, 5.41) is -0.242. The number of carbonyl (C=O) groups excluding carboxylic acids is 1. The molecule has 2 rings (SSSR count). The van der Waals surface area contributed by atoms with Crippen molar-refractivity contribution in [3.63, 3.8) is 0 Å². The highest BCUT2D eigenvalue weighted by Gasteiger charge is 2.29. The Hall–Kier alpha value is -1.36. The molecule has 110 valence electrons. The lowest BCUT2D eigenvalue weighted by molar-refractivity contribution is 0.101. The molecule has 0 radical (unpaired) electrons. The van der Waals surface area contributed by atoms with E-state index in [2.05, 4.69) is 0 Å². The molecule has 0 amide bonds. The van der Waals surface area contributed by atoms with Gasteiger partial charge in [-0.1, -0.05) is 12.8 Å². The Morgan fingerprint density at radius 2 is 1.95 bits per heavy atom. The maximum atomic E-state index is 12.4. The van der Waals surface area contributed by atoms with E-state index in [0.717, 1.165) is 25.7 Å². The van der Waals surface area contributed by atoms with Crippen LogP contribution in [0.4, 0.5) is 0 Å². The largest absolute Gasteiger partial charge is 0.496 e. The number of carbonyl (C=O) groups is 1. The van der Waals surface area contributed by atoms with Crippen LogP contribution in [-0.2, 0) is 15.6 Å². The average molecular weight is 296 g/mol. The van der Waals surface area contributed by atoms with Crippen LogP contribution < -0.4 is 4.74 Å². The molecule has 4 nitrogen and oxygen atoms in total. The van der Waals surface area contributed by atoms with Crippen LogP contribution in [0.2, 0.25) is 0 Å². The number of hydrogen-bond donors (Lipinski definition) is 0. The van der Waals surface area contributed by atoms with Crippen LogP contribution in [0.25, 0.3) is 0 Å². The topological polar surface area (TPSA) is 60.4 Å². The molecule has 0 saturated heterocycles. The van der Waals surface area contributed by atoms with Gasteiger partial charge in [0.1, 0.15) is 5.75 Å². The predicted molar refractivity (Wildman–Crippen MR) is 77.9 cm³/mol. The van der Waals surface area contributed by atoms with Crippen molar-refractivity contribution in [2.75, 3.05) is 7.11 Å². The van der Waals surface area contributed by atoms with Crippen LogP contribution in [0.1, 0.15) is 48.5 Å². The van der Waals surface area contributed by atoms with Crippen molar-refractivity contribution in [2.24, 2.45) is 0 Å². The Bertz CT molecular complexity index is 598. The van der Waals surface area contributed by atoms with Gasteiger partial charge in [-0.2, -0.15) is 0 Å². The Labute approximate surface area is 120 Å². The van der Waals surface area contributed by atoms with E-state index < -0.39 is 9.84 Å². The van der Waals surface area contributed by atoms with Gasteiger partial charge in [0.05, 0.1) is 18.1 Å². The highest BCUT2D eigenvalue weighted by Crippen LogP contribution is 2.30. The summed E-state index contributed by atoms with van der Waals surface area (Å²) in [6, 6.07) is 4.96. The van der Waals surface area contributed by atoms with E-state index in [0.29, 0.717) is 16.9 Å². The van der Waals surface area contributed by atoms with E-state index in [1.807, 2.05) is 0 Å².